The summed E-state index contributed by atoms with van der Waals surface area (Å²) in [4.78, 5) is 13.3. The number of benzene rings is 1. The van der Waals surface area contributed by atoms with Crippen LogP contribution in [0.3, 0.4) is 0 Å². The molecule has 3 aliphatic rings. The van der Waals surface area contributed by atoms with Crippen LogP contribution >= 0.6 is 0 Å². The van der Waals surface area contributed by atoms with Crippen LogP contribution in [0.25, 0.3) is 0 Å². The van der Waals surface area contributed by atoms with Gasteiger partial charge in [0.1, 0.15) is 5.75 Å². The number of fused-ring (bicyclic) bond motifs is 1. The van der Waals surface area contributed by atoms with E-state index in [1.165, 1.54) is 75.3 Å². The van der Waals surface area contributed by atoms with Gasteiger partial charge in [-0.2, -0.15) is 0 Å². The van der Waals surface area contributed by atoms with Crippen molar-refractivity contribution < 1.29 is 9.90 Å². The topological polar surface area (TPSA) is 87.4 Å². The summed E-state index contributed by atoms with van der Waals surface area (Å²) in [6.45, 7) is 7.37. The normalized spacial score (nSPS) is 23.6. The van der Waals surface area contributed by atoms with Crippen molar-refractivity contribution in [3.8, 4) is 5.75 Å². The minimum atomic E-state index is -0.213. The Balaban J connectivity index is 1.32. The molecule has 4 atom stereocenters. The van der Waals surface area contributed by atoms with Crippen LogP contribution in [0.5, 0.6) is 5.75 Å². The molecule has 0 radical (unpaired) electrons. The van der Waals surface area contributed by atoms with Gasteiger partial charge in [0, 0.05) is 18.6 Å². The van der Waals surface area contributed by atoms with Gasteiger partial charge in [-0.25, -0.2) is 0 Å². The Bertz CT molecular complexity index is 888. The molecule has 1 aromatic carbocycles. The van der Waals surface area contributed by atoms with E-state index in [0.29, 0.717) is 30.6 Å². The van der Waals surface area contributed by atoms with E-state index < -0.39 is 0 Å². The van der Waals surface area contributed by atoms with Gasteiger partial charge in [-0.1, -0.05) is 91.0 Å². The number of rotatable bonds is 11. The number of nitrogens with two attached hydrogens (primary N) is 1. The monoisotopic (exact) mass is 525 g/mol. The molecule has 2 aliphatic carbocycles. The van der Waals surface area contributed by atoms with Crippen molar-refractivity contribution in [3.05, 3.63) is 28.8 Å². The third kappa shape index (κ3) is 7.97. The third-order valence-electron chi connectivity index (χ3n) is 10.1. The van der Waals surface area contributed by atoms with Crippen molar-refractivity contribution in [2.45, 2.75) is 142 Å². The van der Waals surface area contributed by atoms with Gasteiger partial charge in [0.25, 0.3) is 0 Å². The molecule has 5 heteroatoms. The van der Waals surface area contributed by atoms with Crippen LogP contribution in [0.4, 0.5) is 0 Å². The number of phenolic OH excluding ortho intramolecular Hbond substituents is 1. The number of carbonyl (C=O) groups excluding carboxylic acids is 1. The van der Waals surface area contributed by atoms with Crippen LogP contribution in [0, 0.1) is 23.7 Å². The Hall–Kier alpha value is -1.59. The fraction of sp³-hybridized carbons (Fsp3) is 0.788. The summed E-state index contributed by atoms with van der Waals surface area (Å²) in [5.74, 6) is 2.92. The van der Waals surface area contributed by atoms with E-state index in [1.54, 1.807) is 0 Å². The summed E-state index contributed by atoms with van der Waals surface area (Å²) in [6.07, 6.45) is 18.2. The average Bonchev–Trinajstić information content (AvgIpc) is 2.92. The van der Waals surface area contributed by atoms with Crippen molar-refractivity contribution in [1.29, 1.82) is 0 Å². The summed E-state index contributed by atoms with van der Waals surface area (Å²) < 4.78 is 0. The quantitative estimate of drug-likeness (QED) is 0.270. The second-order valence-electron chi connectivity index (χ2n) is 13.4. The van der Waals surface area contributed by atoms with Gasteiger partial charge in [0.15, 0.2) is 0 Å². The Labute approximate surface area is 232 Å². The molecule has 0 bridgehead atoms. The standard InChI is InChI=1S/C33H55N3O2/c1-22(2)30(19-25-12-8-5-9-13-25)36-33(38)31-20-26-15-17-32(37)27(28(26)21-35-31)16-14-23(3)29(34)18-24-10-6-4-7-11-24/h15,17,22-25,29-31,35,37H,4-14,16,18-21,34H2,1-3H3,(H,36,38)/t23?,29-,30-,31+/m0/s1. The maximum atomic E-state index is 13.3. The van der Waals surface area contributed by atoms with E-state index in [2.05, 4.69) is 31.4 Å². The third-order valence-corrected chi connectivity index (χ3v) is 10.1. The maximum Gasteiger partial charge on any atom is 0.237 e. The Morgan fingerprint density at radius 1 is 1.00 bits per heavy atom. The molecule has 2 fully saturated rings. The van der Waals surface area contributed by atoms with E-state index in [0.717, 1.165) is 43.1 Å². The van der Waals surface area contributed by atoms with E-state index in [1.807, 2.05) is 12.1 Å². The van der Waals surface area contributed by atoms with Crippen molar-refractivity contribution in [3.63, 3.8) is 0 Å². The molecule has 38 heavy (non-hydrogen) atoms. The van der Waals surface area contributed by atoms with Gasteiger partial charge in [0.2, 0.25) is 5.91 Å². The average molecular weight is 526 g/mol. The van der Waals surface area contributed by atoms with Crippen LogP contribution in [-0.2, 0) is 24.2 Å². The Morgan fingerprint density at radius 2 is 1.63 bits per heavy atom. The first-order valence-corrected chi connectivity index (χ1v) is 15.9. The number of phenols is 1. The highest BCUT2D eigenvalue weighted by Crippen LogP contribution is 2.33. The second-order valence-corrected chi connectivity index (χ2v) is 13.4. The van der Waals surface area contributed by atoms with E-state index in [4.69, 9.17) is 5.73 Å². The van der Waals surface area contributed by atoms with Gasteiger partial charge in [-0.05, 0) is 78.5 Å². The molecule has 5 nitrogen and oxygen atoms in total. The van der Waals surface area contributed by atoms with Crippen LogP contribution in [0.15, 0.2) is 12.1 Å². The molecule has 0 spiro atoms. The largest absolute Gasteiger partial charge is 0.508 e. The SMILES string of the molecule is CC(C)[C@H](CC1CCCCC1)NC(=O)[C@H]1Cc2ccc(O)c(CCC(C)[C@@H](N)CC3CCCCC3)c2CN1. The summed E-state index contributed by atoms with van der Waals surface area (Å²) in [6, 6.07) is 4.11. The molecule has 1 aromatic rings. The summed E-state index contributed by atoms with van der Waals surface area (Å²) in [5, 5.41) is 17.7. The lowest BCUT2D eigenvalue weighted by molar-refractivity contribution is -0.124. The zero-order valence-electron chi connectivity index (χ0n) is 24.4. The van der Waals surface area contributed by atoms with Crippen molar-refractivity contribution >= 4 is 5.91 Å². The van der Waals surface area contributed by atoms with E-state index in [-0.39, 0.29) is 24.0 Å². The summed E-state index contributed by atoms with van der Waals surface area (Å²) in [5.41, 5.74) is 10.1. The van der Waals surface area contributed by atoms with Crippen LogP contribution in [0.2, 0.25) is 0 Å². The van der Waals surface area contributed by atoms with Gasteiger partial charge >= 0.3 is 0 Å². The molecule has 1 heterocycles. The fourth-order valence-electron chi connectivity index (χ4n) is 7.31. The van der Waals surface area contributed by atoms with Crippen molar-refractivity contribution in [2.75, 3.05) is 0 Å². The molecule has 214 valence electrons. The first-order valence-electron chi connectivity index (χ1n) is 15.9. The number of aromatic hydroxyl groups is 1. The second kappa shape index (κ2) is 14.2. The van der Waals surface area contributed by atoms with Crippen LogP contribution in [-0.4, -0.2) is 29.1 Å². The van der Waals surface area contributed by atoms with Crippen molar-refractivity contribution in [1.82, 2.24) is 10.6 Å². The summed E-state index contributed by atoms with van der Waals surface area (Å²) in [7, 11) is 0. The smallest absolute Gasteiger partial charge is 0.237 e. The van der Waals surface area contributed by atoms with E-state index >= 15 is 0 Å². The fourth-order valence-corrected chi connectivity index (χ4v) is 7.31. The maximum absolute atomic E-state index is 13.3. The first-order chi connectivity index (χ1) is 18.3. The zero-order valence-corrected chi connectivity index (χ0v) is 24.4. The summed E-state index contributed by atoms with van der Waals surface area (Å²) >= 11 is 0. The lowest BCUT2D eigenvalue weighted by atomic mass is 9.81. The van der Waals surface area contributed by atoms with Gasteiger partial charge in [-0.3, -0.25) is 4.79 Å². The highest BCUT2D eigenvalue weighted by Gasteiger charge is 2.30. The zero-order chi connectivity index (χ0) is 27.1. The molecule has 2 saturated carbocycles. The molecule has 1 aliphatic heterocycles. The Kier molecular flexibility index (Phi) is 11.0. The number of hydrogen-bond acceptors (Lipinski definition) is 4. The predicted molar refractivity (Wildman–Crippen MR) is 157 cm³/mol. The lowest BCUT2D eigenvalue weighted by Gasteiger charge is -2.33. The molecule has 1 unspecified atom stereocenters. The predicted octanol–water partition coefficient (Wildman–Crippen LogP) is 6.38. The van der Waals surface area contributed by atoms with E-state index in [9.17, 15) is 9.90 Å². The van der Waals surface area contributed by atoms with Crippen LogP contribution in [0.1, 0.15) is 121 Å². The number of nitrogens with one attached hydrogen (secondary N) is 2. The van der Waals surface area contributed by atoms with Crippen LogP contribution < -0.4 is 16.4 Å². The van der Waals surface area contributed by atoms with Crippen molar-refractivity contribution in [2.24, 2.45) is 29.4 Å². The van der Waals surface area contributed by atoms with Gasteiger partial charge < -0.3 is 21.5 Å². The molecule has 0 aromatic heterocycles. The number of amides is 1. The molecular weight excluding hydrogens is 470 g/mol. The van der Waals surface area contributed by atoms with Gasteiger partial charge in [-0.15, -0.1) is 0 Å². The minimum Gasteiger partial charge on any atom is -0.508 e. The lowest BCUT2D eigenvalue weighted by Crippen LogP contribution is -2.52. The highest BCUT2D eigenvalue weighted by atomic mass is 16.3. The molecule has 0 saturated heterocycles. The number of hydrogen-bond donors (Lipinski definition) is 4. The Morgan fingerprint density at radius 3 is 2.26 bits per heavy atom. The minimum absolute atomic E-state index is 0.127. The molecule has 1 amide bonds. The molecule has 4 rings (SSSR count). The highest BCUT2D eigenvalue weighted by molar-refractivity contribution is 5.82. The van der Waals surface area contributed by atoms with Gasteiger partial charge in [0.05, 0.1) is 6.04 Å². The molecular formula is C33H55N3O2. The first kappa shape index (κ1) is 29.4. The molecule has 5 N–H and O–H groups in total. The number of carbonyl (C=O) groups is 1.